The van der Waals surface area contributed by atoms with Crippen LogP contribution in [-0.4, -0.2) is 26.1 Å². The van der Waals surface area contributed by atoms with Crippen molar-refractivity contribution in [3.63, 3.8) is 0 Å². The van der Waals surface area contributed by atoms with Gasteiger partial charge in [-0.15, -0.1) is 4.36 Å². The van der Waals surface area contributed by atoms with E-state index >= 15 is 0 Å². The second kappa shape index (κ2) is 6.31. The van der Waals surface area contributed by atoms with Gasteiger partial charge in [-0.05, 0) is 67.7 Å². The number of benzene rings is 1. The van der Waals surface area contributed by atoms with Crippen molar-refractivity contribution in [1.29, 1.82) is 0 Å². The van der Waals surface area contributed by atoms with E-state index in [-0.39, 0.29) is 11.0 Å². The van der Waals surface area contributed by atoms with E-state index in [0.717, 1.165) is 44.2 Å². The summed E-state index contributed by atoms with van der Waals surface area (Å²) >= 11 is 0. The summed E-state index contributed by atoms with van der Waals surface area (Å²) in [5.74, 6) is 0.332. The Hall–Kier alpha value is -2.39. The van der Waals surface area contributed by atoms with Crippen molar-refractivity contribution >= 4 is 21.6 Å². The molecule has 148 valence electrons. The third kappa shape index (κ3) is 2.80. The first kappa shape index (κ1) is 17.7. The molecule has 3 N–H and O–H groups in total. The zero-order chi connectivity index (χ0) is 19.5. The summed E-state index contributed by atoms with van der Waals surface area (Å²) in [4.78, 5) is 12.8. The molecule has 2 amide bonds. The molecule has 2 atom stereocenters. The van der Waals surface area contributed by atoms with Crippen LogP contribution in [0.15, 0.2) is 21.5 Å². The molecule has 2 aliphatic carbocycles. The van der Waals surface area contributed by atoms with Crippen LogP contribution in [0.1, 0.15) is 42.0 Å². The van der Waals surface area contributed by atoms with Crippen LogP contribution in [0.25, 0.3) is 0 Å². The maximum Gasteiger partial charge on any atom is 0.354 e. The molecule has 1 aliphatic heterocycles. The number of hydrogen-bond acceptors (Lipinski definition) is 4. The minimum absolute atomic E-state index is 0.0824. The van der Waals surface area contributed by atoms with Crippen molar-refractivity contribution in [3.8, 4) is 5.88 Å². The first-order valence-corrected chi connectivity index (χ1v) is 11.2. The molecular formula is C19H23N5O3S. The number of aromatic nitrogens is 2. The fourth-order valence-corrected chi connectivity index (χ4v) is 5.54. The minimum atomic E-state index is -3.46. The Morgan fingerprint density at radius 1 is 1.29 bits per heavy atom. The molecule has 5 rings (SSSR count). The molecule has 2 aromatic rings. The second-order valence-electron chi connectivity index (χ2n) is 7.75. The van der Waals surface area contributed by atoms with Crippen LogP contribution in [0, 0.1) is 0 Å². The van der Waals surface area contributed by atoms with Crippen LogP contribution < -0.4 is 15.2 Å². The molecule has 0 spiro atoms. The van der Waals surface area contributed by atoms with E-state index in [9.17, 15) is 9.00 Å². The number of fused-ring (bicyclic) bond motifs is 3. The lowest BCUT2D eigenvalue weighted by atomic mass is 9.99. The predicted molar refractivity (Wildman–Crippen MR) is 105 cm³/mol. The number of rotatable bonds is 2. The minimum Gasteiger partial charge on any atom is -0.472 e. The quantitative estimate of drug-likeness (QED) is 0.805. The number of anilines is 1. The number of aryl methyl sites for hydroxylation is 2. The Labute approximate surface area is 163 Å². The number of urea groups is 1. The number of nitrogens with zero attached hydrogens (tertiary/aromatic N) is 3. The van der Waals surface area contributed by atoms with E-state index in [2.05, 4.69) is 20.8 Å². The van der Waals surface area contributed by atoms with Crippen molar-refractivity contribution in [3.05, 3.63) is 34.5 Å². The van der Waals surface area contributed by atoms with Crippen molar-refractivity contribution in [1.82, 2.24) is 9.78 Å². The van der Waals surface area contributed by atoms with Gasteiger partial charge in [0.1, 0.15) is 11.0 Å². The Bertz CT molecular complexity index is 1080. The van der Waals surface area contributed by atoms with Gasteiger partial charge in [0.05, 0.1) is 12.7 Å². The zero-order valence-electron chi connectivity index (χ0n) is 15.7. The van der Waals surface area contributed by atoms with Gasteiger partial charge in [0.2, 0.25) is 5.88 Å². The highest BCUT2D eigenvalue weighted by atomic mass is 32.2. The Morgan fingerprint density at radius 3 is 2.64 bits per heavy atom. The van der Waals surface area contributed by atoms with Gasteiger partial charge in [-0.1, -0.05) is 6.07 Å². The van der Waals surface area contributed by atoms with Gasteiger partial charge in [-0.25, -0.2) is 18.8 Å². The lowest BCUT2D eigenvalue weighted by Gasteiger charge is -2.15. The number of nitrogens with two attached hydrogens (primary N) is 1. The molecule has 9 heteroatoms. The summed E-state index contributed by atoms with van der Waals surface area (Å²) in [6.07, 6.45) is 7.42. The summed E-state index contributed by atoms with van der Waals surface area (Å²) in [6.45, 7) is 2.44. The van der Waals surface area contributed by atoms with Crippen molar-refractivity contribution in [2.75, 3.05) is 5.32 Å². The van der Waals surface area contributed by atoms with E-state index < -0.39 is 15.9 Å². The molecule has 0 saturated heterocycles. The molecule has 3 aliphatic rings. The number of nitrogens with one attached hydrogen (secondary N) is 1. The molecule has 0 bridgehead atoms. The normalized spacial score (nSPS) is 21.4. The van der Waals surface area contributed by atoms with Crippen LogP contribution in [0.3, 0.4) is 0 Å². The fraction of sp³-hybridized carbons (Fsp3) is 0.474. The summed E-state index contributed by atoms with van der Waals surface area (Å²) < 4.78 is 24.1. The van der Waals surface area contributed by atoms with Crippen molar-refractivity contribution < 1.29 is 13.7 Å². The van der Waals surface area contributed by atoms with E-state index in [1.54, 1.807) is 4.68 Å². The highest BCUT2D eigenvalue weighted by molar-refractivity contribution is 7.91. The molecule has 0 saturated carbocycles. The maximum atomic E-state index is 13.0. The Kier molecular flexibility index (Phi) is 3.99. The number of ether oxygens (including phenoxy) is 1. The average Bonchev–Trinajstić information content (AvgIpc) is 3.35. The Balaban J connectivity index is 1.48. The summed E-state index contributed by atoms with van der Waals surface area (Å²) in [5.41, 5.74) is 5.85. The molecule has 28 heavy (non-hydrogen) atoms. The highest BCUT2D eigenvalue weighted by Crippen LogP contribution is 2.38. The summed E-state index contributed by atoms with van der Waals surface area (Å²) in [7, 11) is -3.46. The third-order valence-electron chi connectivity index (χ3n) is 5.74. The number of carbonyl (C=O) groups is 1. The van der Waals surface area contributed by atoms with Crippen LogP contribution in [-0.2, 0) is 42.1 Å². The van der Waals surface area contributed by atoms with Crippen LogP contribution in [0.5, 0.6) is 5.88 Å². The molecule has 0 fully saturated rings. The van der Waals surface area contributed by atoms with Gasteiger partial charge in [0.25, 0.3) is 0 Å². The molecular weight excluding hydrogens is 378 g/mol. The molecule has 2 heterocycles. The number of carbonyl (C=O) groups excluding carboxylic acids is 1. The van der Waals surface area contributed by atoms with Gasteiger partial charge in [-0.2, -0.15) is 5.10 Å². The monoisotopic (exact) mass is 401 g/mol. The first-order valence-electron chi connectivity index (χ1n) is 9.67. The Morgan fingerprint density at radius 2 is 1.96 bits per heavy atom. The fourth-order valence-electron chi connectivity index (χ4n) is 4.55. The van der Waals surface area contributed by atoms with E-state index in [1.165, 1.54) is 28.5 Å². The van der Waals surface area contributed by atoms with Gasteiger partial charge in [-0.3, -0.25) is 0 Å². The van der Waals surface area contributed by atoms with Gasteiger partial charge < -0.3 is 10.1 Å². The van der Waals surface area contributed by atoms with E-state index in [4.69, 9.17) is 9.88 Å². The number of amides is 2. The van der Waals surface area contributed by atoms with Crippen LogP contribution >= 0.6 is 0 Å². The molecule has 1 unspecified atom stereocenters. The van der Waals surface area contributed by atoms with Crippen molar-refractivity contribution in [2.45, 2.75) is 63.0 Å². The lowest BCUT2D eigenvalue weighted by Crippen LogP contribution is -2.19. The summed E-state index contributed by atoms with van der Waals surface area (Å²) in [5, 5.41) is 13.0. The van der Waals surface area contributed by atoms with Gasteiger partial charge >= 0.3 is 6.03 Å². The molecule has 1 aromatic heterocycles. The topological polar surface area (TPSA) is 112 Å². The first-order chi connectivity index (χ1) is 13.4. The van der Waals surface area contributed by atoms with E-state index in [0.29, 0.717) is 12.4 Å². The van der Waals surface area contributed by atoms with Crippen molar-refractivity contribution in [2.24, 2.45) is 9.50 Å². The standard InChI is InChI=1S/C19H23N5O3S/c1-11-10-24-18(27-11)16(9-21-24)28(20,26)23-19(25)22-17-14-6-2-4-12(14)8-13-5-3-7-15(13)17/h8-9,11H,2-7,10H2,1H3,(H3,20,22,23,25,26)/t11-,28?/m1/s1. The summed E-state index contributed by atoms with van der Waals surface area (Å²) in [6, 6.07) is 1.60. The highest BCUT2D eigenvalue weighted by Gasteiger charge is 2.29. The third-order valence-corrected chi connectivity index (χ3v) is 7.09. The SMILES string of the molecule is C[C@@H]1Cn2ncc(S(N)(=O)=NC(=O)Nc3c4c(cc5c3CCC5)CCC4)c2O1. The molecule has 8 nitrogen and oxygen atoms in total. The van der Waals surface area contributed by atoms with Crippen LogP contribution in [0.2, 0.25) is 0 Å². The van der Waals surface area contributed by atoms with Crippen LogP contribution in [0.4, 0.5) is 10.5 Å². The maximum absolute atomic E-state index is 13.0. The predicted octanol–water partition coefficient (Wildman–Crippen LogP) is 2.57. The average molecular weight is 401 g/mol. The molecule has 0 radical (unpaired) electrons. The lowest BCUT2D eigenvalue weighted by molar-refractivity contribution is 0.248. The smallest absolute Gasteiger partial charge is 0.354 e. The second-order valence-corrected chi connectivity index (χ2v) is 9.51. The zero-order valence-corrected chi connectivity index (χ0v) is 16.6. The van der Waals surface area contributed by atoms with Gasteiger partial charge in [0.15, 0.2) is 9.92 Å². The number of hydrogen-bond donors (Lipinski definition) is 2. The molecule has 1 aromatic carbocycles. The van der Waals surface area contributed by atoms with E-state index in [1.807, 2.05) is 6.92 Å². The van der Waals surface area contributed by atoms with Gasteiger partial charge in [0, 0.05) is 5.69 Å². The largest absolute Gasteiger partial charge is 0.472 e.